The summed E-state index contributed by atoms with van der Waals surface area (Å²) < 4.78 is 0. The van der Waals surface area contributed by atoms with Gasteiger partial charge < -0.3 is 4.98 Å². The van der Waals surface area contributed by atoms with E-state index in [2.05, 4.69) is 66.9 Å². The third kappa shape index (κ3) is 1.99. The monoisotopic (exact) mass is 253 g/mol. The molecule has 0 spiro atoms. The summed E-state index contributed by atoms with van der Waals surface area (Å²) in [5.41, 5.74) is 4.37. The molecule has 0 aliphatic carbocycles. The SMILES string of the molecule is CC(C)c1nc2ccc3[nH]c(C(C)C)ccc3c2n1. The second kappa shape index (κ2) is 4.34. The van der Waals surface area contributed by atoms with Crippen molar-refractivity contribution < 1.29 is 0 Å². The largest absolute Gasteiger partial charge is 0.358 e. The van der Waals surface area contributed by atoms with E-state index in [0.29, 0.717) is 11.8 Å². The zero-order valence-corrected chi connectivity index (χ0v) is 11.9. The van der Waals surface area contributed by atoms with E-state index in [0.717, 1.165) is 27.8 Å². The van der Waals surface area contributed by atoms with Crippen molar-refractivity contribution >= 4 is 21.9 Å². The molecular weight excluding hydrogens is 234 g/mol. The van der Waals surface area contributed by atoms with Crippen LogP contribution in [0, 0.1) is 0 Å². The number of benzene rings is 1. The van der Waals surface area contributed by atoms with Gasteiger partial charge in [0, 0.05) is 22.5 Å². The van der Waals surface area contributed by atoms with E-state index in [1.807, 2.05) is 0 Å². The highest BCUT2D eigenvalue weighted by Crippen LogP contribution is 2.26. The highest BCUT2D eigenvalue weighted by Gasteiger charge is 2.11. The van der Waals surface area contributed by atoms with Crippen LogP contribution in [0.4, 0.5) is 0 Å². The third-order valence-corrected chi connectivity index (χ3v) is 3.50. The lowest BCUT2D eigenvalue weighted by Gasteiger charge is -2.07. The Kier molecular flexibility index (Phi) is 2.77. The fraction of sp³-hybridized carbons (Fsp3) is 0.375. The number of nitrogens with zero attached hydrogens (tertiary/aromatic N) is 2. The zero-order valence-electron chi connectivity index (χ0n) is 11.9. The van der Waals surface area contributed by atoms with Crippen molar-refractivity contribution in [2.45, 2.75) is 39.5 Å². The molecule has 0 saturated heterocycles. The number of fused-ring (bicyclic) bond motifs is 3. The third-order valence-electron chi connectivity index (χ3n) is 3.50. The number of aromatic amines is 1. The first-order valence-corrected chi connectivity index (χ1v) is 6.85. The van der Waals surface area contributed by atoms with Crippen LogP contribution < -0.4 is 0 Å². The average molecular weight is 253 g/mol. The number of nitrogens with one attached hydrogen (secondary N) is 1. The van der Waals surface area contributed by atoms with E-state index in [1.165, 1.54) is 5.69 Å². The maximum atomic E-state index is 4.68. The quantitative estimate of drug-likeness (QED) is 0.737. The molecule has 0 radical (unpaired) electrons. The number of aromatic nitrogens is 3. The topological polar surface area (TPSA) is 41.6 Å². The minimum atomic E-state index is 0.362. The van der Waals surface area contributed by atoms with Gasteiger partial charge in [0.1, 0.15) is 11.3 Å². The number of hydrogen-bond acceptors (Lipinski definition) is 2. The fourth-order valence-electron chi connectivity index (χ4n) is 2.31. The van der Waals surface area contributed by atoms with Gasteiger partial charge in [-0.3, -0.25) is 0 Å². The molecule has 3 heteroatoms. The van der Waals surface area contributed by atoms with Crippen molar-refractivity contribution in [2.75, 3.05) is 0 Å². The molecule has 0 amide bonds. The highest BCUT2D eigenvalue weighted by atomic mass is 14.9. The molecular formula is C16H19N3. The lowest BCUT2D eigenvalue weighted by atomic mass is 10.1. The van der Waals surface area contributed by atoms with Crippen molar-refractivity contribution in [3.8, 4) is 0 Å². The maximum absolute atomic E-state index is 4.68. The summed E-state index contributed by atoms with van der Waals surface area (Å²) >= 11 is 0. The first kappa shape index (κ1) is 12.2. The molecule has 0 fully saturated rings. The second-order valence-corrected chi connectivity index (χ2v) is 5.70. The number of H-pyrrole nitrogens is 1. The van der Waals surface area contributed by atoms with Crippen LogP contribution in [0.2, 0.25) is 0 Å². The highest BCUT2D eigenvalue weighted by molar-refractivity contribution is 6.02. The summed E-state index contributed by atoms with van der Waals surface area (Å²) in [6.07, 6.45) is 0. The van der Waals surface area contributed by atoms with Crippen LogP contribution in [-0.2, 0) is 0 Å². The minimum Gasteiger partial charge on any atom is -0.358 e. The van der Waals surface area contributed by atoms with Crippen molar-refractivity contribution in [2.24, 2.45) is 0 Å². The van der Waals surface area contributed by atoms with Crippen LogP contribution >= 0.6 is 0 Å². The molecule has 19 heavy (non-hydrogen) atoms. The van der Waals surface area contributed by atoms with Gasteiger partial charge >= 0.3 is 0 Å². The second-order valence-electron chi connectivity index (χ2n) is 5.70. The summed E-state index contributed by atoms with van der Waals surface area (Å²) in [6.45, 7) is 8.63. The van der Waals surface area contributed by atoms with Crippen molar-refractivity contribution in [1.29, 1.82) is 0 Å². The molecule has 3 rings (SSSR count). The normalized spacial score (nSPS) is 12.1. The van der Waals surface area contributed by atoms with Crippen LogP contribution in [0.1, 0.15) is 51.0 Å². The first-order valence-electron chi connectivity index (χ1n) is 6.85. The summed E-state index contributed by atoms with van der Waals surface area (Å²) in [5.74, 6) is 1.79. The molecule has 0 atom stereocenters. The van der Waals surface area contributed by atoms with Crippen molar-refractivity contribution in [1.82, 2.24) is 15.0 Å². The predicted molar refractivity (Wildman–Crippen MR) is 79.6 cm³/mol. The Morgan fingerprint density at radius 3 is 2.37 bits per heavy atom. The van der Waals surface area contributed by atoms with Gasteiger partial charge in [-0.2, -0.15) is 0 Å². The minimum absolute atomic E-state index is 0.362. The van der Waals surface area contributed by atoms with Gasteiger partial charge in [0.25, 0.3) is 0 Å². The van der Waals surface area contributed by atoms with Crippen LogP contribution in [0.5, 0.6) is 0 Å². The summed E-state index contributed by atoms with van der Waals surface area (Å²) in [7, 11) is 0. The Morgan fingerprint density at radius 1 is 0.895 bits per heavy atom. The van der Waals surface area contributed by atoms with Crippen LogP contribution in [0.25, 0.3) is 21.9 Å². The smallest absolute Gasteiger partial charge is 0.132 e. The number of pyridine rings is 1. The molecule has 3 nitrogen and oxygen atoms in total. The molecule has 2 heterocycles. The molecule has 0 aliphatic heterocycles. The van der Waals surface area contributed by atoms with Crippen molar-refractivity contribution in [3.05, 3.63) is 35.8 Å². The summed E-state index contributed by atoms with van der Waals surface area (Å²) in [6, 6.07) is 8.46. The van der Waals surface area contributed by atoms with Crippen LogP contribution in [0.15, 0.2) is 24.3 Å². The maximum Gasteiger partial charge on any atom is 0.132 e. The van der Waals surface area contributed by atoms with Crippen molar-refractivity contribution in [3.63, 3.8) is 0 Å². The predicted octanol–water partition coefficient (Wildman–Crippen LogP) is 4.36. The van der Waals surface area contributed by atoms with Gasteiger partial charge in [0.2, 0.25) is 0 Å². The molecule has 0 saturated carbocycles. The Bertz CT molecular complexity index is 738. The van der Waals surface area contributed by atoms with E-state index >= 15 is 0 Å². The Balaban J connectivity index is 2.28. The Hall–Kier alpha value is -1.90. The van der Waals surface area contributed by atoms with Crippen LogP contribution in [-0.4, -0.2) is 15.0 Å². The molecule has 0 unspecified atom stereocenters. The molecule has 2 aromatic heterocycles. The number of hydrogen-bond donors (Lipinski definition) is 1. The summed E-state index contributed by atoms with van der Waals surface area (Å²) in [5, 5.41) is 1.15. The molecule has 98 valence electrons. The van der Waals surface area contributed by atoms with Gasteiger partial charge in [-0.1, -0.05) is 27.7 Å². The lowest BCUT2D eigenvalue weighted by molar-refractivity contribution is 0.799. The molecule has 1 aromatic carbocycles. The molecule has 0 bridgehead atoms. The summed E-state index contributed by atoms with van der Waals surface area (Å²) in [4.78, 5) is 12.8. The molecule has 1 N–H and O–H groups in total. The number of imidazole rings is 1. The van der Waals surface area contributed by atoms with Crippen LogP contribution in [0.3, 0.4) is 0 Å². The van der Waals surface area contributed by atoms with E-state index in [4.69, 9.17) is 0 Å². The molecule has 0 aliphatic rings. The first-order chi connectivity index (χ1) is 9.06. The van der Waals surface area contributed by atoms with Gasteiger partial charge in [-0.05, 0) is 30.2 Å². The Morgan fingerprint density at radius 2 is 1.68 bits per heavy atom. The van der Waals surface area contributed by atoms with Gasteiger partial charge in [-0.15, -0.1) is 0 Å². The van der Waals surface area contributed by atoms with Gasteiger partial charge in [0.05, 0.1) is 5.52 Å². The van der Waals surface area contributed by atoms with E-state index in [1.54, 1.807) is 0 Å². The standard InChI is InChI=1S/C16H19N3/c1-9(2)12-6-5-11-13(17-12)7-8-14-15(11)19-16(18-14)10(3)4/h5-10,17H,1-4H3. The zero-order chi connectivity index (χ0) is 13.6. The Labute approximate surface area is 113 Å². The fourth-order valence-corrected chi connectivity index (χ4v) is 2.31. The number of rotatable bonds is 2. The van der Waals surface area contributed by atoms with E-state index < -0.39 is 0 Å². The molecule has 3 aromatic rings. The van der Waals surface area contributed by atoms with E-state index in [9.17, 15) is 0 Å². The lowest BCUT2D eigenvalue weighted by Crippen LogP contribution is -1.92. The average Bonchev–Trinajstić information content (AvgIpc) is 2.82. The van der Waals surface area contributed by atoms with Gasteiger partial charge in [0.15, 0.2) is 0 Å². The van der Waals surface area contributed by atoms with Gasteiger partial charge in [-0.25, -0.2) is 9.97 Å². The van der Waals surface area contributed by atoms with E-state index in [-0.39, 0.29) is 0 Å².